The molecule has 0 saturated heterocycles. The van der Waals surface area contributed by atoms with E-state index >= 15 is 0 Å². The zero-order valence-electron chi connectivity index (χ0n) is 11.2. The van der Waals surface area contributed by atoms with E-state index < -0.39 is 6.10 Å². The lowest BCUT2D eigenvalue weighted by Gasteiger charge is -2.09. The Balaban J connectivity index is 2.73. The fourth-order valence-corrected chi connectivity index (χ4v) is 1.88. The molecule has 0 aliphatic heterocycles. The van der Waals surface area contributed by atoms with E-state index in [9.17, 15) is 5.11 Å². The number of nitrogens with one attached hydrogen (secondary N) is 1. The molecule has 1 atom stereocenters. The minimum absolute atomic E-state index is 0.261. The summed E-state index contributed by atoms with van der Waals surface area (Å²) in [7, 11) is 0. The van der Waals surface area contributed by atoms with Gasteiger partial charge < -0.3 is 20.3 Å². The van der Waals surface area contributed by atoms with E-state index in [0.717, 1.165) is 13.0 Å². The number of hydrogen-bond acceptors (Lipinski definition) is 8. The Morgan fingerprint density at radius 1 is 1.32 bits per heavy atom. The third kappa shape index (κ3) is 6.04. The Kier molecular flexibility index (Phi) is 7.46. The third-order valence-corrected chi connectivity index (χ3v) is 3.01. The summed E-state index contributed by atoms with van der Waals surface area (Å²) in [6, 6.07) is 0.261. The van der Waals surface area contributed by atoms with Crippen LogP contribution in [0, 0.1) is 0 Å². The smallest absolute Gasteiger partial charge is 0.322 e. The van der Waals surface area contributed by atoms with E-state index in [2.05, 4.69) is 20.3 Å². The standard InChI is InChI=1S/C11H20N4O3S/c1-3-5-12-9-13-10(18-4-2)15-11(14-9)19-7-8(17)6-16/h8,16-17H,3-7H2,1-2H3,(H,12,13,14,15). The summed E-state index contributed by atoms with van der Waals surface area (Å²) in [6.45, 7) is 4.85. The number of nitrogens with zero attached hydrogens (tertiary/aromatic N) is 3. The maximum Gasteiger partial charge on any atom is 0.322 e. The first kappa shape index (κ1) is 15.9. The Morgan fingerprint density at radius 2 is 2.11 bits per heavy atom. The van der Waals surface area contributed by atoms with Gasteiger partial charge in [-0.3, -0.25) is 0 Å². The van der Waals surface area contributed by atoms with Crippen molar-refractivity contribution in [2.75, 3.05) is 30.8 Å². The molecule has 0 aromatic carbocycles. The van der Waals surface area contributed by atoms with Gasteiger partial charge in [0.2, 0.25) is 5.95 Å². The van der Waals surface area contributed by atoms with Crippen molar-refractivity contribution in [3.63, 3.8) is 0 Å². The molecule has 0 fully saturated rings. The molecule has 0 spiro atoms. The molecular formula is C11H20N4O3S. The second-order valence-corrected chi connectivity index (χ2v) is 4.72. The van der Waals surface area contributed by atoms with E-state index in [1.165, 1.54) is 11.8 Å². The molecule has 7 nitrogen and oxygen atoms in total. The Labute approximate surface area is 116 Å². The van der Waals surface area contributed by atoms with Crippen molar-refractivity contribution in [3.05, 3.63) is 0 Å². The van der Waals surface area contributed by atoms with Gasteiger partial charge in [-0.2, -0.15) is 15.0 Å². The summed E-state index contributed by atoms with van der Waals surface area (Å²) in [6.07, 6.45) is 0.172. The first-order chi connectivity index (χ1) is 9.19. The second-order valence-electron chi connectivity index (χ2n) is 3.73. The van der Waals surface area contributed by atoms with Crippen LogP contribution in [0.4, 0.5) is 5.95 Å². The van der Waals surface area contributed by atoms with Crippen LogP contribution >= 0.6 is 11.8 Å². The van der Waals surface area contributed by atoms with Crippen molar-refractivity contribution in [3.8, 4) is 6.01 Å². The van der Waals surface area contributed by atoms with Crippen molar-refractivity contribution in [2.45, 2.75) is 31.5 Å². The van der Waals surface area contributed by atoms with Gasteiger partial charge in [0.15, 0.2) is 5.16 Å². The Bertz CT molecular complexity index is 381. The maximum absolute atomic E-state index is 9.31. The topological polar surface area (TPSA) is 100 Å². The molecule has 1 unspecified atom stereocenters. The lowest BCUT2D eigenvalue weighted by atomic mass is 10.4. The molecule has 0 amide bonds. The van der Waals surface area contributed by atoms with Crippen molar-refractivity contribution in [1.29, 1.82) is 0 Å². The summed E-state index contributed by atoms with van der Waals surface area (Å²) < 4.78 is 5.27. The predicted octanol–water partition coefficient (Wildman–Crippen LogP) is 0.537. The van der Waals surface area contributed by atoms with Crippen LogP contribution in [-0.4, -0.2) is 56.8 Å². The van der Waals surface area contributed by atoms with E-state index in [1.54, 1.807) is 0 Å². The van der Waals surface area contributed by atoms with Gasteiger partial charge in [-0.1, -0.05) is 18.7 Å². The molecular weight excluding hydrogens is 268 g/mol. The van der Waals surface area contributed by atoms with Crippen LogP contribution < -0.4 is 10.1 Å². The highest BCUT2D eigenvalue weighted by atomic mass is 32.2. The molecule has 1 aromatic heterocycles. The lowest BCUT2D eigenvalue weighted by Crippen LogP contribution is -2.15. The quantitative estimate of drug-likeness (QED) is 0.566. The monoisotopic (exact) mass is 288 g/mol. The van der Waals surface area contributed by atoms with Gasteiger partial charge in [0, 0.05) is 12.3 Å². The molecule has 1 aromatic rings. The van der Waals surface area contributed by atoms with Crippen LogP contribution in [0.3, 0.4) is 0 Å². The highest BCUT2D eigenvalue weighted by Crippen LogP contribution is 2.18. The molecule has 3 N–H and O–H groups in total. The highest BCUT2D eigenvalue weighted by molar-refractivity contribution is 7.99. The van der Waals surface area contributed by atoms with Crippen molar-refractivity contribution >= 4 is 17.7 Å². The normalized spacial score (nSPS) is 12.2. The molecule has 0 aliphatic rings. The van der Waals surface area contributed by atoms with Gasteiger partial charge in [-0.25, -0.2) is 0 Å². The van der Waals surface area contributed by atoms with Crippen LogP contribution in [-0.2, 0) is 0 Å². The van der Waals surface area contributed by atoms with Gasteiger partial charge in [-0.05, 0) is 13.3 Å². The number of aliphatic hydroxyl groups excluding tert-OH is 2. The van der Waals surface area contributed by atoms with E-state index in [0.29, 0.717) is 23.5 Å². The van der Waals surface area contributed by atoms with Crippen LogP contribution in [0.15, 0.2) is 5.16 Å². The van der Waals surface area contributed by atoms with Gasteiger partial charge >= 0.3 is 6.01 Å². The number of ether oxygens (including phenoxy) is 1. The summed E-state index contributed by atoms with van der Waals surface area (Å²) >= 11 is 1.25. The van der Waals surface area contributed by atoms with Gasteiger partial charge in [0.05, 0.1) is 19.3 Å². The van der Waals surface area contributed by atoms with Crippen molar-refractivity contribution < 1.29 is 14.9 Å². The zero-order valence-corrected chi connectivity index (χ0v) is 12.0. The first-order valence-corrected chi connectivity index (χ1v) is 7.22. The van der Waals surface area contributed by atoms with Crippen molar-refractivity contribution in [1.82, 2.24) is 15.0 Å². The average Bonchev–Trinajstić information content (AvgIpc) is 2.42. The third-order valence-electron chi connectivity index (χ3n) is 2.02. The van der Waals surface area contributed by atoms with Gasteiger partial charge in [-0.15, -0.1) is 0 Å². The molecule has 1 rings (SSSR count). The zero-order chi connectivity index (χ0) is 14.1. The fourth-order valence-electron chi connectivity index (χ4n) is 1.14. The van der Waals surface area contributed by atoms with Crippen LogP contribution in [0.2, 0.25) is 0 Å². The number of thioether (sulfide) groups is 1. The Morgan fingerprint density at radius 3 is 2.74 bits per heavy atom. The number of aromatic nitrogens is 3. The summed E-state index contributed by atoms with van der Waals surface area (Å²) in [4.78, 5) is 12.5. The fraction of sp³-hybridized carbons (Fsp3) is 0.727. The number of aliphatic hydroxyl groups is 2. The average molecular weight is 288 g/mol. The predicted molar refractivity (Wildman–Crippen MR) is 73.6 cm³/mol. The van der Waals surface area contributed by atoms with Gasteiger partial charge in [0.25, 0.3) is 0 Å². The summed E-state index contributed by atoms with van der Waals surface area (Å²) in [5.74, 6) is 0.778. The second kappa shape index (κ2) is 8.89. The Hall–Kier alpha value is -1.12. The molecule has 0 saturated carbocycles. The lowest BCUT2D eigenvalue weighted by molar-refractivity contribution is 0.113. The first-order valence-electron chi connectivity index (χ1n) is 6.24. The van der Waals surface area contributed by atoms with Crippen LogP contribution in [0.25, 0.3) is 0 Å². The minimum atomic E-state index is -0.788. The number of hydrogen-bond donors (Lipinski definition) is 3. The molecule has 0 aliphatic carbocycles. The molecule has 0 radical (unpaired) electrons. The van der Waals surface area contributed by atoms with Gasteiger partial charge in [0.1, 0.15) is 0 Å². The molecule has 8 heteroatoms. The van der Waals surface area contributed by atoms with Crippen LogP contribution in [0.5, 0.6) is 6.01 Å². The number of rotatable bonds is 9. The van der Waals surface area contributed by atoms with E-state index in [-0.39, 0.29) is 12.6 Å². The highest BCUT2D eigenvalue weighted by Gasteiger charge is 2.10. The summed E-state index contributed by atoms with van der Waals surface area (Å²) in [5.41, 5.74) is 0. The van der Waals surface area contributed by atoms with Crippen molar-refractivity contribution in [2.24, 2.45) is 0 Å². The number of anilines is 1. The molecule has 0 bridgehead atoms. The molecule has 19 heavy (non-hydrogen) atoms. The SMILES string of the molecule is CCCNc1nc(OCC)nc(SCC(O)CO)n1. The largest absolute Gasteiger partial charge is 0.464 e. The molecule has 108 valence electrons. The molecule has 1 heterocycles. The van der Waals surface area contributed by atoms with E-state index in [4.69, 9.17) is 9.84 Å². The van der Waals surface area contributed by atoms with Crippen LogP contribution in [0.1, 0.15) is 20.3 Å². The summed E-state index contributed by atoms with van der Waals surface area (Å²) in [5, 5.41) is 21.6. The minimum Gasteiger partial charge on any atom is -0.464 e. The maximum atomic E-state index is 9.31. The van der Waals surface area contributed by atoms with E-state index in [1.807, 2.05) is 13.8 Å².